The zero-order chi connectivity index (χ0) is 11.1. The number of hydrogen-bond donors (Lipinski definition) is 3. The van der Waals surface area contributed by atoms with Crippen LogP contribution in [0.3, 0.4) is 0 Å². The molecule has 0 aromatic rings. The van der Waals surface area contributed by atoms with E-state index in [0.717, 1.165) is 13.1 Å². The highest BCUT2D eigenvalue weighted by Crippen LogP contribution is 2.15. The van der Waals surface area contributed by atoms with Crippen molar-refractivity contribution in [3.63, 3.8) is 0 Å². The largest absolute Gasteiger partial charge is 0.394 e. The molecule has 0 aliphatic carbocycles. The van der Waals surface area contributed by atoms with Gasteiger partial charge in [-0.1, -0.05) is 6.92 Å². The van der Waals surface area contributed by atoms with Crippen LogP contribution in [0.1, 0.15) is 6.92 Å². The lowest BCUT2D eigenvalue weighted by atomic mass is 9.88. The van der Waals surface area contributed by atoms with E-state index in [9.17, 15) is 4.79 Å². The van der Waals surface area contributed by atoms with Crippen LogP contribution in [0, 0.1) is 11.8 Å². The third-order valence-electron chi connectivity index (χ3n) is 2.71. The predicted molar refractivity (Wildman–Crippen MR) is 56.4 cm³/mol. The Morgan fingerprint density at radius 1 is 1.60 bits per heavy atom. The molecule has 1 fully saturated rings. The van der Waals surface area contributed by atoms with Crippen molar-refractivity contribution < 1.29 is 14.6 Å². The maximum atomic E-state index is 11.6. The molecule has 1 amide bonds. The van der Waals surface area contributed by atoms with Gasteiger partial charge in [0.2, 0.25) is 5.91 Å². The number of carbonyl (C=O) groups excluding carboxylic acids is 1. The molecule has 5 heteroatoms. The Kier molecular flexibility index (Phi) is 5.60. The molecule has 3 N–H and O–H groups in total. The fourth-order valence-electron chi connectivity index (χ4n) is 1.45. The van der Waals surface area contributed by atoms with Gasteiger partial charge < -0.3 is 20.5 Å². The molecule has 1 rings (SSSR count). The molecular formula is C10H20N2O3. The number of hydrogen-bond acceptors (Lipinski definition) is 4. The first kappa shape index (κ1) is 12.4. The van der Waals surface area contributed by atoms with Crippen LogP contribution in [0.2, 0.25) is 0 Å². The zero-order valence-electron chi connectivity index (χ0n) is 9.16. The smallest absolute Gasteiger partial charge is 0.223 e. The Morgan fingerprint density at radius 3 is 2.87 bits per heavy atom. The van der Waals surface area contributed by atoms with Crippen molar-refractivity contribution in [3.8, 4) is 0 Å². The van der Waals surface area contributed by atoms with Crippen molar-refractivity contribution in [2.24, 2.45) is 11.8 Å². The van der Waals surface area contributed by atoms with E-state index in [0.29, 0.717) is 25.7 Å². The average Bonchev–Trinajstić information content (AvgIpc) is 2.14. The molecule has 5 nitrogen and oxygen atoms in total. The Hall–Kier alpha value is -0.650. The lowest BCUT2D eigenvalue weighted by Gasteiger charge is -2.31. The third kappa shape index (κ3) is 4.15. The summed E-state index contributed by atoms with van der Waals surface area (Å²) in [7, 11) is 0. The van der Waals surface area contributed by atoms with Crippen LogP contribution in [0.25, 0.3) is 0 Å². The minimum absolute atomic E-state index is 0.0259. The predicted octanol–water partition coefficient (Wildman–Crippen LogP) is -1.03. The molecule has 15 heavy (non-hydrogen) atoms. The molecule has 88 valence electrons. The maximum Gasteiger partial charge on any atom is 0.223 e. The highest BCUT2D eigenvalue weighted by Gasteiger charge is 2.28. The number of rotatable bonds is 7. The lowest BCUT2D eigenvalue weighted by molar-refractivity contribution is -0.126. The number of nitrogens with one attached hydrogen (secondary N) is 2. The summed E-state index contributed by atoms with van der Waals surface area (Å²) in [6.45, 7) is 5.17. The van der Waals surface area contributed by atoms with Gasteiger partial charge in [-0.15, -0.1) is 0 Å². The van der Waals surface area contributed by atoms with Gasteiger partial charge in [-0.25, -0.2) is 0 Å². The highest BCUT2D eigenvalue weighted by atomic mass is 16.5. The number of aliphatic hydroxyl groups excluding tert-OH is 1. The minimum Gasteiger partial charge on any atom is -0.394 e. The minimum atomic E-state index is 0.0259. The molecule has 0 bridgehead atoms. The van der Waals surface area contributed by atoms with E-state index in [2.05, 4.69) is 10.6 Å². The van der Waals surface area contributed by atoms with Crippen LogP contribution in [0.4, 0.5) is 0 Å². The number of carbonyl (C=O) groups is 1. The van der Waals surface area contributed by atoms with Gasteiger partial charge in [0.1, 0.15) is 0 Å². The first-order valence-electron chi connectivity index (χ1n) is 5.42. The summed E-state index contributed by atoms with van der Waals surface area (Å²) >= 11 is 0. The Bertz CT molecular complexity index is 195. The Morgan fingerprint density at radius 2 is 2.33 bits per heavy atom. The van der Waals surface area contributed by atoms with Crippen molar-refractivity contribution in [2.45, 2.75) is 6.92 Å². The fourth-order valence-corrected chi connectivity index (χ4v) is 1.45. The van der Waals surface area contributed by atoms with Crippen LogP contribution in [-0.2, 0) is 9.53 Å². The van der Waals surface area contributed by atoms with Crippen LogP contribution >= 0.6 is 0 Å². The molecule has 1 heterocycles. The van der Waals surface area contributed by atoms with E-state index in [4.69, 9.17) is 9.84 Å². The van der Waals surface area contributed by atoms with E-state index in [-0.39, 0.29) is 18.4 Å². The van der Waals surface area contributed by atoms with E-state index < -0.39 is 0 Å². The maximum absolute atomic E-state index is 11.6. The zero-order valence-corrected chi connectivity index (χ0v) is 9.16. The summed E-state index contributed by atoms with van der Waals surface area (Å²) in [4.78, 5) is 11.6. The van der Waals surface area contributed by atoms with Gasteiger partial charge in [-0.05, 0) is 19.0 Å². The van der Waals surface area contributed by atoms with E-state index in [1.165, 1.54) is 0 Å². The second kappa shape index (κ2) is 6.76. The van der Waals surface area contributed by atoms with Crippen molar-refractivity contribution >= 4 is 5.91 Å². The summed E-state index contributed by atoms with van der Waals surface area (Å²) in [5.41, 5.74) is 0. The van der Waals surface area contributed by atoms with Crippen molar-refractivity contribution in [1.29, 1.82) is 0 Å². The molecule has 0 spiro atoms. The fraction of sp³-hybridized carbons (Fsp3) is 0.900. The standard InChI is InChI=1S/C10H20N2O3/c1-8(9-6-11-7-9)10(14)12-2-4-15-5-3-13/h8-9,11,13H,2-7H2,1H3,(H,12,14). The van der Waals surface area contributed by atoms with Crippen molar-refractivity contribution in [1.82, 2.24) is 10.6 Å². The monoisotopic (exact) mass is 216 g/mol. The van der Waals surface area contributed by atoms with Gasteiger partial charge >= 0.3 is 0 Å². The lowest BCUT2D eigenvalue weighted by Crippen LogP contribution is -2.49. The van der Waals surface area contributed by atoms with Gasteiger partial charge in [0.25, 0.3) is 0 Å². The average molecular weight is 216 g/mol. The Labute approximate surface area is 90.2 Å². The number of amides is 1. The van der Waals surface area contributed by atoms with Crippen LogP contribution < -0.4 is 10.6 Å². The van der Waals surface area contributed by atoms with E-state index in [1.807, 2.05) is 6.92 Å². The number of aliphatic hydroxyl groups is 1. The molecule has 1 saturated heterocycles. The van der Waals surface area contributed by atoms with Crippen LogP contribution in [0.5, 0.6) is 0 Å². The summed E-state index contributed by atoms with van der Waals surface area (Å²) in [6, 6.07) is 0. The third-order valence-corrected chi connectivity index (χ3v) is 2.71. The first-order chi connectivity index (χ1) is 7.25. The van der Waals surface area contributed by atoms with Crippen LogP contribution in [0.15, 0.2) is 0 Å². The molecular weight excluding hydrogens is 196 g/mol. The van der Waals surface area contributed by atoms with Gasteiger partial charge in [0, 0.05) is 12.5 Å². The Balaban J connectivity index is 2.02. The molecule has 0 aromatic carbocycles. The first-order valence-corrected chi connectivity index (χ1v) is 5.42. The molecule has 0 saturated carbocycles. The second-order valence-electron chi connectivity index (χ2n) is 3.83. The molecule has 0 aromatic heterocycles. The van der Waals surface area contributed by atoms with Gasteiger partial charge in [0.05, 0.1) is 19.8 Å². The summed E-state index contributed by atoms with van der Waals surface area (Å²) < 4.78 is 5.04. The van der Waals surface area contributed by atoms with Gasteiger partial charge in [-0.3, -0.25) is 4.79 Å². The van der Waals surface area contributed by atoms with Gasteiger partial charge in [-0.2, -0.15) is 0 Å². The molecule has 0 radical (unpaired) electrons. The normalized spacial score (nSPS) is 18.3. The van der Waals surface area contributed by atoms with Crippen LogP contribution in [-0.4, -0.2) is 50.5 Å². The topological polar surface area (TPSA) is 70.6 Å². The second-order valence-corrected chi connectivity index (χ2v) is 3.83. The SMILES string of the molecule is CC(C(=O)NCCOCCO)C1CNC1. The highest BCUT2D eigenvalue weighted by molar-refractivity contribution is 5.78. The quantitative estimate of drug-likeness (QED) is 0.476. The van der Waals surface area contributed by atoms with Crippen molar-refractivity contribution in [2.75, 3.05) is 39.5 Å². The summed E-state index contributed by atoms with van der Waals surface area (Å²) in [5.74, 6) is 0.640. The van der Waals surface area contributed by atoms with Crippen molar-refractivity contribution in [3.05, 3.63) is 0 Å². The molecule has 1 aliphatic rings. The molecule has 1 aliphatic heterocycles. The van der Waals surface area contributed by atoms with Gasteiger partial charge in [0.15, 0.2) is 0 Å². The summed E-state index contributed by atoms with van der Waals surface area (Å²) in [6.07, 6.45) is 0. The number of ether oxygens (including phenoxy) is 1. The van der Waals surface area contributed by atoms with E-state index >= 15 is 0 Å². The molecule has 1 unspecified atom stereocenters. The molecule has 1 atom stereocenters. The summed E-state index contributed by atoms with van der Waals surface area (Å²) in [5, 5.41) is 14.4. The van der Waals surface area contributed by atoms with E-state index in [1.54, 1.807) is 0 Å².